The number of carbonyl (C=O) groups excluding carboxylic acids is 1. The van der Waals surface area contributed by atoms with E-state index >= 15 is 0 Å². The molecule has 0 atom stereocenters. The lowest BCUT2D eigenvalue weighted by atomic mass is 10.1. The highest BCUT2D eigenvalue weighted by atomic mass is 35.5. The molecule has 64 valence electrons. The fourth-order valence-electron chi connectivity index (χ4n) is 1.07. The lowest BCUT2D eigenvalue weighted by Crippen LogP contribution is -1.94. The van der Waals surface area contributed by atoms with Crippen LogP contribution >= 0.6 is 11.6 Å². The molecule has 0 heterocycles. The first kappa shape index (κ1) is 9.20. The molecular formula is C9H8ClFO. The van der Waals surface area contributed by atoms with E-state index in [0.717, 1.165) is 5.56 Å². The minimum atomic E-state index is -0.472. The van der Waals surface area contributed by atoms with Crippen LogP contribution in [0.3, 0.4) is 0 Å². The zero-order valence-electron chi connectivity index (χ0n) is 6.60. The Kier molecular flexibility index (Phi) is 2.82. The van der Waals surface area contributed by atoms with E-state index in [1.165, 1.54) is 12.1 Å². The van der Waals surface area contributed by atoms with Crippen molar-refractivity contribution in [1.82, 2.24) is 0 Å². The third kappa shape index (κ3) is 2.62. The zero-order valence-corrected chi connectivity index (χ0v) is 7.36. The molecule has 1 aromatic rings. The molecule has 0 spiro atoms. The summed E-state index contributed by atoms with van der Waals surface area (Å²) in [7, 11) is 0. The van der Waals surface area contributed by atoms with E-state index in [-0.39, 0.29) is 12.2 Å². The summed E-state index contributed by atoms with van der Waals surface area (Å²) in [5, 5.41) is -0.472. The Hall–Kier alpha value is -0.890. The minimum absolute atomic E-state index is 0.0835. The number of carbonyl (C=O) groups is 1. The Morgan fingerprint density at radius 1 is 1.50 bits per heavy atom. The summed E-state index contributed by atoms with van der Waals surface area (Å²) in [5.74, 6) is -0.331. The van der Waals surface area contributed by atoms with Gasteiger partial charge >= 0.3 is 0 Å². The normalized spacial score (nSPS) is 9.92. The van der Waals surface area contributed by atoms with Crippen LogP contribution in [0.25, 0.3) is 0 Å². The van der Waals surface area contributed by atoms with Crippen molar-refractivity contribution in [2.75, 3.05) is 0 Å². The average Bonchev–Trinajstić information content (AvgIpc) is 1.81. The van der Waals surface area contributed by atoms with Gasteiger partial charge < -0.3 is 0 Å². The van der Waals surface area contributed by atoms with E-state index in [9.17, 15) is 9.18 Å². The van der Waals surface area contributed by atoms with Gasteiger partial charge in [0, 0.05) is 6.42 Å². The van der Waals surface area contributed by atoms with Gasteiger partial charge in [0.05, 0.1) is 0 Å². The van der Waals surface area contributed by atoms with E-state index in [4.69, 9.17) is 11.6 Å². The minimum Gasteiger partial charge on any atom is -0.281 e. The molecule has 0 amide bonds. The maximum absolute atomic E-state index is 12.7. The highest BCUT2D eigenvalue weighted by Gasteiger charge is 2.01. The highest BCUT2D eigenvalue weighted by molar-refractivity contribution is 6.63. The molecule has 0 unspecified atom stereocenters. The van der Waals surface area contributed by atoms with Crippen LogP contribution in [0.5, 0.6) is 0 Å². The van der Waals surface area contributed by atoms with Crippen molar-refractivity contribution in [2.45, 2.75) is 13.3 Å². The van der Waals surface area contributed by atoms with E-state index in [1.807, 2.05) is 0 Å². The van der Waals surface area contributed by atoms with Crippen LogP contribution in [0.4, 0.5) is 4.39 Å². The van der Waals surface area contributed by atoms with Crippen LogP contribution in [0.1, 0.15) is 11.1 Å². The molecule has 0 aliphatic rings. The molecule has 0 saturated heterocycles. The van der Waals surface area contributed by atoms with Crippen LogP contribution < -0.4 is 0 Å². The lowest BCUT2D eigenvalue weighted by molar-refractivity contribution is -0.111. The quantitative estimate of drug-likeness (QED) is 0.649. The standard InChI is InChI=1S/C9H8ClFO/c1-6-2-7(5-9(10)12)4-8(11)3-6/h2-4H,5H2,1H3. The van der Waals surface area contributed by atoms with Crippen molar-refractivity contribution >= 4 is 16.8 Å². The molecule has 0 N–H and O–H groups in total. The zero-order chi connectivity index (χ0) is 9.14. The van der Waals surface area contributed by atoms with E-state index in [0.29, 0.717) is 5.56 Å². The molecule has 0 aliphatic carbocycles. The Labute approximate surface area is 75.2 Å². The molecule has 0 fully saturated rings. The van der Waals surface area contributed by atoms with Crippen LogP contribution in [0, 0.1) is 12.7 Å². The van der Waals surface area contributed by atoms with Crippen molar-refractivity contribution in [3.63, 3.8) is 0 Å². The monoisotopic (exact) mass is 186 g/mol. The predicted octanol–water partition coefficient (Wildman–Crippen LogP) is 2.44. The number of aryl methyl sites for hydroxylation is 1. The summed E-state index contributed by atoms with van der Waals surface area (Å²) in [6, 6.07) is 4.46. The number of hydrogen-bond donors (Lipinski definition) is 0. The number of benzene rings is 1. The summed E-state index contributed by atoms with van der Waals surface area (Å²) in [4.78, 5) is 10.5. The Balaban J connectivity index is 2.93. The first-order valence-corrected chi connectivity index (χ1v) is 3.90. The fraction of sp³-hybridized carbons (Fsp3) is 0.222. The Morgan fingerprint density at radius 2 is 2.17 bits per heavy atom. The molecule has 0 bridgehead atoms. The maximum Gasteiger partial charge on any atom is 0.226 e. The highest BCUT2D eigenvalue weighted by Crippen LogP contribution is 2.09. The van der Waals surface area contributed by atoms with E-state index < -0.39 is 5.24 Å². The molecule has 3 heteroatoms. The van der Waals surface area contributed by atoms with E-state index in [2.05, 4.69) is 0 Å². The topological polar surface area (TPSA) is 17.1 Å². The van der Waals surface area contributed by atoms with Gasteiger partial charge in [0.25, 0.3) is 0 Å². The van der Waals surface area contributed by atoms with Crippen molar-refractivity contribution in [3.05, 3.63) is 35.1 Å². The number of halogens is 2. The third-order valence-electron chi connectivity index (χ3n) is 1.45. The summed E-state index contributed by atoms with van der Waals surface area (Å²) < 4.78 is 12.7. The second-order valence-electron chi connectivity index (χ2n) is 2.67. The molecule has 1 rings (SSSR count). The van der Waals surface area contributed by atoms with Gasteiger partial charge in [-0.2, -0.15) is 0 Å². The molecule has 1 nitrogen and oxygen atoms in total. The van der Waals surface area contributed by atoms with Crippen molar-refractivity contribution in [1.29, 1.82) is 0 Å². The van der Waals surface area contributed by atoms with Crippen molar-refractivity contribution in [3.8, 4) is 0 Å². The van der Waals surface area contributed by atoms with Crippen LogP contribution in [-0.2, 0) is 11.2 Å². The predicted molar refractivity (Wildman–Crippen MR) is 45.7 cm³/mol. The second-order valence-corrected chi connectivity index (χ2v) is 3.09. The number of hydrogen-bond acceptors (Lipinski definition) is 1. The molecule has 0 radical (unpaired) electrons. The second kappa shape index (κ2) is 3.68. The summed E-state index contributed by atoms with van der Waals surface area (Å²) in [6.07, 6.45) is 0.0835. The van der Waals surface area contributed by atoms with Gasteiger partial charge in [0.1, 0.15) is 5.82 Å². The molecular weight excluding hydrogens is 179 g/mol. The molecule has 12 heavy (non-hydrogen) atoms. The van der Waals surface area contributed by atoms with Gasteiger partial charge in [0.15, 0.2) is 0 Å². The molecule has 0 aliphatic heterocycles. The lowest BCUT2D eigenvalue weighted by Gasteiger charge is -1.98. The Bertz CT molecular complexity index is 289. The molecule has 0 aromatic heterocycles. The smallest absolute Gasteiger partial charge is 0.226 e. The number of rotatable bonds is 2. The van der Waals surface area contributed by atoms with Gasteiger partial charge in [0.2, 0.25) is 5.24 Å². The summed E-state index contributed by atoms with van der Waals surface area (Å²) in [6.45, 7) is 1.77. The average molecular weight is 187 g/mol. The van der Waals surface area contributed by atoms with Gasteiger partial charge in [-0.1, -0.05) is 6.07 Å². The fourth-order valence-corrected chi connectivity index (χ4v) is 1.23. The summed E-state index contributed by atoms with van der Waals surface area (Å²) >= 11 is 5.16. The van der Waals surface area contributed by atoms with Gasteiger partial charge in [-0.25, -0.2) is 4.39 Å². The first-order chi connectivity index (χ1) is 5.58. The van der Waals surface area contributed by atoms with Crippen molar-refractivity contribution < 1.29 is 9.18 Å². The van der Waals surface area contributed by atoms with Gasteiger partial charge in [-0.15, -0.1) is 0 Å². The third-order valence-corrected chi connectivity index (χ3v) is 1.58. The van der Waals surface area contributed by atoms with Crippen molar-refractivity contribution in [2.24, 2.45) is 0 Å². The first-order valence-electron chi connectivity index (χ1n) is 3.52. The van der Waals surface area contributed by atoms with Gasteiger partial charge in [-0.3, -0.25) is 4.79 Å². The van der Waals surface area contributed by atoms with Crippen LogP contribution in [0.15, 0.2) is 18.2 Å². The maximum atomic E-state index is 12.7. The SMILES string of the molecule is Cc1cc(F)cc(CC(=O)Cl)c1. The molecule has 1 aromatic carbocycles. The van der Waals surface area contributed by atoms with Crippen LogP contribution in [0.2, 0.25) is 0 Å². The van der Waals surface area contributed by atoms with Gasteiger partial charge in [-0.05, 0) is 41.8 Å². The van der Waals surface area contributed by atoms with E-state index in [1.54, 1.807) is 13.0 Å². The molecule has 0 saturated carbocycles. The van der Waals surface area contributed by atoms with Crippen LogP contribution in [-0.4, -0.2) is 5.24 Å². The largest absolute Gasteiger partial charge is 0.281 e. The Morgan fingerprint density at radius 3 is 2.67 bits per heavy atom. The summed E-state index contributed by atoms with van der Waals surface area (Å²) in [5.41, 5.74) is 1.41.